The Morgan fingerprint density at radius 1 is 0.577 bits per heavy atom. The predicted molar refractivity (Wildman–Crippen MR) is 101 cm³/mol. The number of hydrogen-bond acceptors (Lipinski definition) is 7. The van der Waals surface area contributed by atoms with Crippen LogP contribution in [-0.4, -0.2) is 29.9 Å². The van der Waals surface area contributed by atoms with Crippen LogP contribution in [0, 0.1) is 41.5 Å². The van der Waals surface area contributed by atoms with Gasteiger partial charge in [-0.2, -0.15) is 0 Å². The van der Waals surface area contributed by atoms with Crippen LogP contribution in [0.3, 0.4) is 0 Å². The molecule has 0 aromatic carbocycles. The molecule has 0 spiro atoms. The topological polar surface area (TPSA) is 94.4 Å². The highest BCUT2D eigenvalue weighted by molar-refractivity contribution is 7.85. The summed E-state index contributed by atoms with van der Waals surface area (Å²) in [4.78, 5) is 26.8. The smallest absolute Gasteiger partial charge is 0.228 e. The summed E-state index contributed by atoms with van der Waals surface area (Å²) in [7, 11) is -3.49. The third kappa shape index (κ3) is 3.03. The van der Waals surface area contributed by atoms with E-state index in [9.17, 15) is 4.57 Å². The number of aryl methyl sites for hydroxylation is 6. The maximum absolute atomic E-state index is 14.6. The highest BCUT2D eigenvalue weighted by Gasteiger charge is 2.40. The van der Waals surface area contributed by atoms with Crippen LogP contribution in [0.25, 0.3) is 0 Å². The van der Waals surface area contributed by atoms with Gasteiger partial charge in [0.15, 0.2) is 0 Å². The molecule has 26 heavy (non-hydrogen) atoms. The lowest BCUT2D eigenvalue weighted by Crippen LogP contribution is -2.36. The maximum atomic E-state index is 14.6. The number of aromatic nitrogens is 6. The van der Waals surface area contributed by atoms with Gasteiger partial charge in [-0.3, -0.25) is 15.0 Å². The van der Waals surface area contributed by atoms with E-state index in [-0.39, 0.29) is 0 Å². The normalized spacial score (nSPS) is 11.6. The van der Waals surface area contributed by atoms with Gasteiger partial charge in [0, 0.05) is 18.6 Å². The maximum Gasteiger partial charge on any atom is 0.228 e. The van der Waals surface area contributed by atoms with Gasteiger partial charge in [-0.05, 0) is 41.5 Å². The SMILES string of the molecule is Cc1cnc(C)c(P(=O)(c2nc(C)cnc2C)c2nc(C)cnc2C)n1. The fourth-order valence-electron chi connectivity index (χ4n) is 2.77. The zero-order chi connectivity index (χ0) is 19.1. The molecule has 0 fully saturated rings. The van der Waals surface area contributed by atoms with Gasteiger partial charge in [0.25, 0.3) is 0 Å². The van der Waals surface area contributed by atoms with Crippen molar-refractivity contribution in [2.24, 2.45) is 0 Å². The first kappa shape index (κ1) is 18.3. The Morgan fingerprint density at radius 2 is 0.846 bits per heavy atom. The van der Waals surface area contributed by atoms with Crippen molar-refractivity contribution in [2.75, 3.05) is 0 Å². The first-order valence-electron chi connectivity index (χ1n) is 8.26. The average Bonchev–Trinajstić information content (AvgIpc) is 2.60. The highest BCUT2D eigenvalue weighted by Crippen LogP contribution is 2.42. The van der Waals surface area contributed by atoms with Gasteiger partial charge in [0.1, 0.15) is 16.3 Å². The average molecular weight is 368 g/mol. The van der Waals surface area contributed by atoms with Crippen molar-refractivity contribution in [2.45, 2.75) is 41.5 Å². The number of hydrogen-bond donors (Lipinski definition) is 0. The van der Waals surface area contributed by atoms with Crippen LogP contribution in [-0.2, 0) is 4.57 Å². The summed E-state index contributed by atoms with van der Waals surface area (Å²) in [6.45, 7) is 10.9. The molecule has 0 saturated heterocycles. The van der Waals surface area contributed by atoms with Crippen LogP contribution in [0.1, 0.15) is 34.2 Å². The Labute approximate surface area is 152 Å². The molecule has 0 aliphatic heterocycles. The first-order valence-corrected chi connectivity index (χ1v) is 9.96. The van der Waals surface area contributed by atoms with Gasteiger partial charge in [-0.1, -0.05) is 0 Å². The molecule has 134 valence electrons. The summed E-state index contributed by atoms with van der Waals surface area (Å²) in [6.07, 6.45) is 4.98. The molecule has 3 rings (SSSR count). The molecule has 7 nitrogen and oxygen atoms in total. The summed E-state index contributed by atoms with van der Waals surface area (Å²) >= 11 is 0. The monoisotopic (exact) mass is 368 g/mol. The Kier molecular flexibility index (Phi) is 4.67. The van der Waals surface area contributed by atoms with Crippen molar-refractivity contribution in [1.82, 2.24) is 29.9 Å². The van der Waals surface area contributed by atoms with E-state index in [1.165, 1.54) is 0 Å². The van der Waals surface area contributed by atoms with Gasteiger partial charge in [0.2, 0.25) is 7.14 Å². The van der Waals surface area contributed by atoms with E-state index in [0.29, 0.717) is 50.5 Å². The summed E-state index contributed by atoms with van der Waals surface area (Å²) < 4.78 is 14.6. The molecule has 0 atom stereocenters. The van der Waals surface area contributed by atoms with E-state index < -0.39 is 7.14 Å². The fourth-order valence-corrected chi connectivity index (χ4v) is 5.81. The molecular formula is C18H21N6OP. The summed E-state index contributed by atoms with van der Waals surface area (Å²) in [5, 5.41) is 0. The van der Waals surface area contributed by atoms with Gasteiger partial charge in [0.05, 0.1) is 34.2 Å². The molecule has 0 N–H and O–H groups in total. The second-order valence-corrected chi connectivity index (χ2v) is 8.86. The summed E-state index contributed by atoms with van der Waals surface area (Å²) in [6, 6.07) is 0. The number of rotatable bonds is 3. The molecule has 8 heteroatoms. The molecule has 0 amide bonds. The van der Waals surface area contributed by atoms with Crippen molar-refractivity contribution < 1.29 is 4.57 Å². The van der Waals surface area contributed by atoms with Gasteiger partial charge >= 0.3 is 0 Å². The molecule has 3 aromatic rings. The lowest BCUT2D eigenvalue weighted by molar-refractivity contribution is 0.590. The van der Waals surface area contributed by atoms with Crippen LogP contribution in [0.15, 0.2) is 18.6 Å². The minimum atomic E-state index is -3.49. The molecule has 0 radical (unpaired) electrons. The third-order valence-corrected chi connectivity index (χ3v) is 7.11. The fraction of sp³-hybridized carbons (Fsp3) is 0.333. The van der Waals surface area contributed by atoms with Crippen molar-refractivity contribution in [1.29, 1.82) is 0 Å². The predicted octanol–water partition coefficient (Wildman–Crippen LogP) is 1.55. The molecule has 0 bridgehead atoms. The summed E-state index contributed by atoms with van der Waals surface area (Å²) in [5.41, 5.74) is 4.99. The largest absolute Gasteiger partial charge is 0.304 e. The van der Waals surface area contributed by atoms with Crippen molar-refractivity contribution in [3.63, 3.8) is 0 Å². The zero-order valence-electron chi connectivity index (χ0n) is 15.8. The molecule has 3 aromatic heterocycles. The van der Waals surface area contributed by atoms with E-state index in [4.69, 9.17) is 0 Å². The third-order valence-electron chi connectivity index (χ3n) is 4.05. The van der Waals surface area contributed by atoms with E-state index in [2.05, 4.69) is 29.9 Å². The lowest BCUT2D eigenvalue weighted by Gasteiger charge is -2.21. The van der Waals surface area contributed by atoms with Crippen molar-refractivity contribution in [3.05, 3.63) is 52.8 Å². The minimum Gasteiger partial charge on any atom is -0.304 e. The van der Waals surface area contributed by atoms with Crippen LogP contribution in [0.2, 0.25) is 0 Å². The zero-order valence-corrected chi connectivity index (χ0v) is 16.7. The molecule has 0 aliphatic carbocycles. The van der Waals surface area contributed by atoms with Gasteiger partial charge in [-0.25, -0.2) is 15.0 Å². The molecule has 0 saturated carbocycles. The molecule has 3 heterocycles. The van der Waals surface area contributed by atoms with E-state index >= 15 is 0 Å². The molecule has 0 unspecified atom stereocenters. The Bertz CT molecular complexity index is 918. The van der Waals surface area contributed by atoms with Crippen LogP contribution < -0.4 is 16.3 Å². The Balaban J connectivity index is 2.47. The van der Waals surface area contributed by atoms with Gasteiger partial charge in [-0.15, -0.1) is 0 Å². The quantitative estimate of drug-likeness (QED) is 0.647. The second kappa shape index (κ2) is 6.65. The number of nitrogens with zero attached hydrogens (tertiary/aromatic N) is 6. The van der Waals surface area contributed by atoms with Crippen molar-refractivity contribution in [3.8, 4) is 0 Å². The Morgan fingerprint density at radius 3 is 1.12 bits per heavy atom. The molecular weight excluding hydrogens is 347 g/mol. The second-order valence-electron chi connectivity index (χ2n) is 6.37. The molecule has 0 aliphatic rings. The van der Waals surface area contributed by atoms with Gasteiger partial charge < -0.3 is 4.57 Å². The standard InChI is InChI=1S/C18H21N6OP/c1-10-7-19-13(4)16(22-10)26(25,17-14(5)20-8-11(2)23-17)18-15(6)21-9-12(3)24-18/h7-9H,1-6H3. The van der Waals surface area contributed by atoms with Crippen LogP contribution in [0.5, 0.6) is 0 Å². The van der Waals surface area contributed by atoms with E-state index in [1.54, 1.807) is 39.4 Å². The minimum absolute atomic E-state index is 0.392. The summed E-state index contributed by atoms with van der Waals surface area (Å²) in [5.74, 6) is 0. The lowest BCUT2D eigenvalue weighted by atomic mass is 10.4. The Hall–Kier alpha value is -2.53. The van der Waals surface area contributed by atoms with Crippen molar-refractivity contribution >= 4 is 23.4 Å². The first-order chi connectivity index (χ1) is 12.2. The van der Waals surface area contributed by atoms with E-state index in [0.717, 1.165) is 0 Å². The van der Waals surface area contributed by atoms with E-state index in [1.807, 2.05) is 20.8 Å². The van der Waals surface area contributed by atoms with Crippen LogP contribution >= 0.6 is 7.14 Å². The van der Waals surface area contributed by atoms with Crippen LogP contribution in [0.4, 0.5) is 0 Å². The highest BCUT2D eigenvalue weighted by atomic mass is 31.2.